The van der Waals surface area contributed by atoms with Gasteiger partial charge in [0, 0.05) is 11.3 Å². The van der Waals surface area contributed by atoms with Gasteiger partial charge in [0.2, 0.25) is 0 Å². The van der Waals surface area contributed by atoms with Crippen molar-refractivity contribution in [3.05, 3.63) is 42.5 Å². The fourth-order valence-corrected chi connectivity index (χ4v) is 3.57. The molecule has 1 saturated carbocycles. The highest BCUT2D eigenvalue weighted by Crippen LogP contribution is 2.38. The van der Waals surface area contributed by atoms with Gasteiger partial charge in [0.1, 0.15) is 5.75 Å². The Morgan fingerprint density at radius 2 is 2.00 bits per heavy atom. The molecule has 0 aromatic heterocycles. The molecule has 0 aliphatic heterocycles. The number of aliphatic hydroxyl groups excluding tert-OH is 1. The number of benzene rings is 1. The molecule has 0 bridgehead atoms. The van der Waals surface area contributed by atoms with E-state index >= 15 is 0 Å². The molecule has 2 nitrogen and oxygen atoms in total. The third-order valence-corrected chi connectivity index (χ3v) is 4.96. The molecule has 0 unspecified atom stereocenters. The van der Waals surface area contributed by atoms with Crippen LogP contribution in [0.5, 0.6) is 5.75 Å². The molecule has 22 heavy (non-hydrogen) atoms. The van der Waals surface area contributed by atoms with Crippen molar-refractivity contribution in [1.29, 1.82) is 0 Å². The van der Waals surface area contributed by atoms with Gasteiger partial charge < -0.3 is 9.84 Å². The first-order valence-corrected chi connectivity index (χ1v) is 8.81. The summed E-state index contributed by atoms with van der Waals surface area (Å²) in [5, 5.41) is 10.3. The second-order valence-electron chi connectivity index (χ2n) is 6.12. The Balaban J connectivity index is 1.87. The van der Waals surface area contributed by atoms with Gasteiger partial charge in [-0.2, -0.15) is 0 Å². The molecule has 1 aliphatic carbocycles. The molecule has 0 heterocycles. The molecule has 0 amide bonds. The lowest BCUT2D eigenvalue weighted by molar-refractivity contribution is 0.0807. The first-order chi connectivity index (χ1) is 10.7. The number of hydrogen-bond donors (Lipinski definition) is 1. The van der Waals surface area contributed by atoms with E-state index in [-0.39, 0.29) is 17.4 Å². The van der Waals surface area contributed by atoms with Crippen molar-refractivity contribution in [2.45, 2.75) is 50.5 Å². The third-order valence-electron chi connectivity index (χ3n) is 4.46. The van der Waals surface area contributed by atoms with Crippen molar-refractivity contribution in [3.8, 4) is 5.75 Å². The van der Waals surface area contributed by atoms with Crippen LogP contribution in [0.3, 0.4) is 0 Å². The van der Waals surface area contributed by atoms with Crippen LogP contribution in [0, 0.1) is 11.8 Å². The predicted molar refractivity (Wildman–Crippen MR) is 92.5 cm³/mol. The molecule has 1 aliphatic rings. The lowest BCUT2D eigenvalue weighted by Crippen LogP contribution is -2.27. The number of unbranched alkanes of at least 4 members (excludes halogenated alkanes) is 2. The Bertz CT molecular complexity index is 446. The highest BCUT2D eigenvalue weighted by Gasteiger charge is 2.41. The summed E-state index contributed by atoms with van der Waals surface area (Å²) in [5.41, 5.74) is 0. The van der Waals surface area contributed by atoms with Crippen LogP contribution in [0.15, 0.2) is 42.5 Å². The highest BCUT2D eigenvalue weighted by atomic mass is 35.5. The Hall–Kier alpha value is -0.990. The van der Waals surface area contributed by atoms with Crippen LogP contribution >= 0.6 is 11.6 Å². The minimum Gasteiger partial charge on any atom is -0.493 e. The topological polar surface area (TPSA) is 29.5 Å². The molecule has 1 fully saturated rings. The maximum atomic E-state index is 10.3. The molecule has 0 spiro atoms. The Kier molecular flexibility index (Phi) is 7.28. The zero-order chi connectivity index (χ0) is 15.8. The van der Waals surface area contributed by atoms with E-state index in [2.05, 4.69) is 19.1 Å². The van der Waals surface area contributed by atoms with Crippen molar-refractivity contribution < 1.29 is 9.84 Å². The summed E-state index contributed by atoms with van der Waals surface area (Å²) < 4.78 is 5.84. The van der Waals surface area contributed by atoms with Gasteiger partial charge in [-0.15, -0.1) is 11.6 Å². The van der Waals surface area contributed by atoms with Crippen molar-refractivity contribution in [1.82, 2.24) is 0 Å². The van der Waals surface area contributed by atoms with E-state index in [1.165, 1.54) is 12.8 Å². The predicted octanol–water partition coefficient (Wildman–Crippen LogP) is 4.81. The smallest absolute Gasteiger partial charge is 0.119 e. The number of para-hydroxylation sites is 1. The molecule has 4 atom stereocenters. The second-order valence-corrected chi connectivity index (χ2v) is 6.68. The number of rotatable bonds is 8. The molecule has 1 aromatic rings. The minimum atomic E-state index is -0.361. The fraction of sp³-hybridized carbons (Fsp3) is 0.579. The lowest BCUT2D eigenvalue weighted by Gasteiger charge is -2.22. The zero-order valence-corrected chi connectivity index (χ0v) is 14.1. The van der Waals surface area contributed by atoms with Crippen LogP contribution in [-0.2, 0) is 0 Å². The van der Waals surface area contributed by atoms with Gasteiger partial charge >= 0.3 is 0 Å². The van der Waals surface area contributed by atoms with E-state index in [0.29, 0.717) is 18.9 Å². The summed E-state index contributed by atoms with van der Waals surface area (Å²) in [7, 11) is 0. The molecule has 2 rings (SSSR count). The summed E-state index contributed by atoms with van der Waals surface area (Å²) in [6.07, 6.45) is 9.28. The van der Waals surface area contributed by atoms with Crippen LogP contribution in [0.2, 0.25) is 0 Å². The van der Waals surface area contributed by atoms with Crippen molar-refractivity contribution in [2.75, 3.05) is 6.61 Å². The van der Waals surface area contributed by atoms with Gasteiger partial charge in [0.05, 0.1) is 12.7 Å². The van der Waals surface area contributed by atoms with Crippen LogP contribution < -0.4 is 4.74 Å². The molecular weight excluding hydrogens is 296 g/mol. The number of halogens is 1. The van der Waals surface area contributed by atoms with Crippen LogP contribution in [0.25, 0.3) is 0 Å². The molecule has 122 valence electrons. The van der Waals surface area contributed by atoms with E-state index in [1.54, 1.807) is 0 Å². The Labute approximate surface area is 139 Å². The average Bonchev–Trinajstić information content (AvgIpc) is 2.80. The summed E-state index contributed by atoms with van der Waals surface area (Å²) in [6, 6.07) is 9.77. The van der Waals surface area contributed by atoms with E-state index in [9.17, 15) is 5.11 Å². The molecule has 1 N–H and O–H groups in total. The SMILES string of the molecule is CCCCC=CC[C@@H]1[C@@H](COc2ccccc2)[C@H](O)C[C@H]1Cl. The summed E-state index contributed by atoms with van der Waals surface area (Å²) in [4.78, 5) is 0. The summed E-state index contributed by atoms with van der Waals surface area (Å²) in [6.45, 7) is 2.73. The van der Waals surface area contributed by atoms with Gasteiger partial charge in [0.15, 0.2) is 0 Å². The second kappa shape index (κ2) is 9.22. The summed E-state index contributed by atoms with van der Waals surface area (Å²) in [5.74, 6) is 1.25. The van der Waals surface area contributed by atoms with E-state index < -0.39 is 0 Å². The van der Waals surface area contributed by atoms with Crippen LogP contribution in [0.4, 0.5) is 0 Å². The van der Waals surface area contributed by atoms with Crippen LogP contribution in [-0.4, -0.2) is 23.2 Å². The van der Waals surface area contributed by atoms with E-state index in [1.807, 2.05) is 30.3 Å². The van der Waals surface area contributed by atoms with E-state index in [4.69, 9.17) is 16.3 Å². The number of hydrogen-bond acceptors (Lipinski definition) is 2. The molecule has 0 radical (unpaired) electrons. The van der Waals surface area contributed by atoms with Crippen molar-refractivity contribution >= 4 is 11.6 Å². The van der Waals surface area contributed by atoms with Gasteiger partial charge in [-0.05, 0) is 37.3 Å². The number of allylic oxidation sites excluding steroid dienone is 2. The summed E-state index contributed by atoms with van der Waals surface area (Å²) >= 11 is 6.44. The van der Waals surface area contributed by atoms with Gasteiger partial charge in [-0.3, -0.25) is 0 Å². The van der Waals surface area contributed by atoms with Crippen LogP contribution in [0.1, 0.15) is 39.0 Å². The van der Waals surface area contributed by atoms with Gasteiger partial charge in [0.25, 0.3) is 0 Å². The highest BCUT2D eigenvalue weighted by molar-refractivity contribution is 6.21. The fourth-order valence-electron chi connectivity index (χ4n) is 3.09. The Morgan fingerprint density at radius 3 is 2.73 bits per heavy atom. The number of alkyl halides is 1. The normalized spacial score (nSPS) is 28.3. The molecule has 1 aromatic carbocycles. The maximum absolute atomic E-state index is 10.3. The largest absolute Gasteiger partial charge is 0.493 e. The standard InChI is InChI=1S/C19H27ClO2/c1-2-3-4-5-9-12-16-17(19(21)13-18(16)20)14-22-15-10-7-6-8-11-15/h5-11,16-19,21H,2-4,12-14H2,1H3/t16-,17-,18-,19-/m1/s1. The van der Waals surface area contributed by atoms with Crippen molar-refractivity contribution in [2.24, 2.45) is 11.8 Å². The monoisotopic (exact) mass is 322 g/mol. The first-order valence-electron chi connectivity index (χ1n) is 8.37. The molecular formula is C19H27ClO2. The van der Waals surface area contributed by atoms with Crippen molar-refractivity contribution in [3.63, 3.8) is 0 Å². The van der Waals surface area contributed by atoms with E-state index in [0.717, 1.165) is 18.6 Å². The number of aliphatic hydroxyl groups is 1. The number of ether oxygens (including phenoxy) is 1. The minimum absolute atomic E-state index is 0.0372. The first kappa shape index (κ1) is 17.4. The Morgan fingerprint density at radius 1 is 1.23 bits per heavy atom. The zero-order valence-electron chi connectivity index (χ0n) is 13.3. The lowest BCUT2D eigenvalue weighted by atomic mass is 9.92. The quantitative estimate of drug-likeness (QED) is 0.423. The maximum Gasteiger partial charge on any atom is 0.119 e. The third kappa shape index (κ3) is 5.03. The van der Waals surface area contributed by atoms with Gasteiger partial charge in [-0.25, -0.2) is 0 Å². The molecule has 3 heteroatoms. The van der Waals surface area contributed by atoms with Gasteiger partial charge in [-0.1, -0.05) is 50.1 Å². The molecule has 0 saturated heterocycles. The average molecular weight is 323 g/mol.